The Bertz CT molecular complexity index is 993. The summed E-state index contributed by atoms with van der Waals surface area (Å²) < 4.78 is 0. The number of hydrogen-bond donors (Lipinski definition) is 2. The van der Waals surface area contributed by atoms with E-state index >= 15 is 0 Å². The molecule has 1 amide bonds. The first-order valence-electron chi connectivity index (χ1n) is 9.20. The molecular weight excluding hydrogens is 338 g/mol. The molecule has 138 valence electrons. The number of nitrogens with zero attached hydrogens (tertiary/aromatic N) is 2. The molecule has 0 saturated heterocycles. The first-order valence-corrected chi connectivity index (χ1v) is 9.20. The molecule has 0 saturated carbocycles. The summed E-state index contributed by atoms with van der Waals surface area (Å²) in [5.74, 6) is 0.298. The summed E-state index contributed by atoms with van der Waals surface area (Å²) in [6.07, 6.45) is 2.42. The van der Waals surface area contributed by atoms with Crippen molar-refractivity contribution in [3.05, 3.63) is 82.2 Å². The van der Waals surface area contributed by atoms with Crippen molar-refractivity contribution in [2.24, 2.45) is 0 Å². The summed E-state index contributed by atoms with van der Waals surface area (Å²) in [7, 11) is 0. The second kappa shape index (κ2) is 7.00. The van der Waals surface area contributed by atoms with Crippen LogP contribution in [0.15, 0.2) is 48.7 Å². The highest BCUT2D eigenvalue weighted by Gasteiger charge is 2.29. The number of aromatic amines is 1. The molecule has 3 aromatic rings. The number of anilines is 1. The smallest absolute Gasteiger partial charge is 0.258 e. The monoisotopic (exact) mass is 361 g/mol. The summed E-state index contributed by atoms with van der Waals surface area (Å²) in [6.45, 7) is 4.80. The highest BCUT2D eigenvalue weighted by molar-refractivity contribution is 6.10. The molecule has 0 bridgehead atoms. The van der Waals surface area contributed by atoms with Crippen LogP contribution in [0.2, 0.25) is 0 Å². The lowest BCUT2D eigenvalue weighted by Gasteiger charge is -2.19. The summed E-state index contributed by atoms with van der Waals surface area (Å²) in [5, 5.41) is 16.4. The average molecular weight is 361 g/mol. The molecule has 1 aliphatic heterocycles. The lowest BCUT2D eigenvalue weighted by Crippen LogP contribution is -2.23. The molecule has 0 radical (unpaired) electrons. The van der Waals surface area contributed by atoms with Crippen LogP contribution in [0, 0.1) is 6.92 Å². The fourth-order valence-corrected chi connectivity index (χ4v) is 3.77. The van der Waals surface area contributed by atoms with Crippen LogP contribution in [0.1, 0.15) is 51.1 Å². The van der Waals surface area contributed by atoms with E-state index in [-0.39, 0.29) is 18.4 Å². The number of aromatic nitrogens is 2. The van der Waals surface area contributed by atoms with Gasteiger partial charge >= 0.3 is 0 Å². The van der Waals surface area contributed by atoms with Crippen LogP contribution in [0.25, 0.3) is 0 Å². The van der Waals surface area contributed by atoms with E-state index in [1.54, 1.807) is 6.20 Å². The molecule has 0 unspecified atom stereocenters. The minimum Gasteiger partial charge on any atom is -0.392 e. The molecule has 2 aromatic carbocycles. The predicted molar refractivity (Wildman–Crippen MR) is 105 cm³/mol. The van der Waals surface area contributed by atoms with Crippen LogP contribution in [-0.4, -0.2) is 21.2 Å². The van der Waals surface area contributed by atoms with Crippen molar-refractivity contribution < 1.29 is 9.90 Å². The summed E-state index contributed by atoms with van der Waals surface area (Å²) in [4.78, 5) is 14.7. The Balaban J connectivity index is 1.58. The zero-order valence-corrected chi connectivity index (χ0v) is 15.6. The van der Waals surface area contributed by atoms with Crippen LogP contribution in [0.4, 0.5) is 5.69 Å². The standard InChI is InChI=1S/C22H23N3O2/c1-14-5-3-8-19-20(14)12-25(22(19)27)18-7-4-6-16(10-18)15(2)9-21-17(13-26)11-23-24-21/h3-8,10-11,15,26H,9,12-13H2,1-2H3,(H,23,24)/t15-/m0/s1. The number of benzene rings is 2. The number of aryl methyl sites for hydroxylation is 1. The zero-order chi connectivity index (χ0) is 19.0. The van der Waals surface area contributed by atoms with E-state index in [0.717, 1.165) is 45.6 Å². The van der Waals surface area contributed by atoms with Crippen LogP contribution in [-0.2, 0) is 19.6 Å². The number of H-pyrrole nitrogens is 1. The van der Waals surface area contributed by atoms with Gasteiger partial charge in [0.25, 0.3) is 5.91 Å². The lowest BCUT2D eigenvalue weighted by atomic mass is 9.94. The lowest BCUT2D eigenvalue weighted by molar-refractivity contribution is 0.0996. The second-order valence-corrected chi connectivity index (χ2v) is 7.22. The second-order valence-electron chi connectivity index (χ2n) is 7.22. The van der Waals surface area contributed by atoms with Gasteiger partial charge in [0, 0.05) is 22.5 Å². The molecular formula is C22H23N3O2. The quantitative estimate of drug-likeness (QED) is 0.728. The maximum absolute atomic E-state index is 12.9. The number of carbonyl (C=O) groups is 1. The third kappa shape index (κ3) is 3.15. The van der Waals surface area contributed by atoms with E-state index < -0.39 is 0 Å². The highest BCUT2D eigenvalue weighted by atomic mass is 16.3. The molecule has 4 rings (SSSR count). The van der Waals surface area contributed by atoms with Gasteiger partial charge in [-0.2, -0.15) is 5.10 Å². The average Bonchev–Trinajstić information content (AvgIpc) is 3.27. The van der Waals surface area contributed by atoms with Crippen molar-refractivity contribution in [1.29, 1.82) is 0 Å². The van der Waals surface area contributed by atoms with Crippen LogP contribution >= 0.6 is 0 Å². The topological polar surface area (TPSA) is 69.2 Å². The van der Waals surface area contributed by atoms with Gasteiger partial charge in [-0.3, -0.25) is 9.89 Å². The number of aliphatic hydroxyl groups excluding tert-OH is 1. The third-order valence-electron chi connectivity index (χ3n) is 5.44. The molecule has 5 heteroatoms. The molecule has 0 fully saturated rings. The van der Waals surface area contributed by atoms with Gasteiger partial charge < -0.3 is 10.0 Å². The number of carbonyl (C=O) groups excluding carboxylic acids is 1. The summed E-state index contributed by atoms with van der Waals surface area (Å²) in [6, 6.07) is 14.1. The number of nitrogens with one attached hydrogen (secondary N) is 1. The molecule has 1 aliphatic rings. The van der Waals surface area contributed by atoms with E-state index in [2.05, 4.69) is 42.2 Å². The fraction of sp³-hybridized carbons (Fsp3) is 0.273. The minimum atomic E-state index is -0.0154. The Morgan fingerprint density at radius 2 is 2.07 bits per heavy atom. The van der Waals surface area contributed by atoms with E-state index in [1.807, 2.05) is 29.2 Å². The van der Waals surface area contributed by atoms with Gasteiger partial charge in [0.15, 0.2) is 0 Å². The molecule has 1 atom stereocenters. The Labute approximate surface area is 158 Å². The largest absolute Gasteiger partial charge is 0.392 e. The van der Waals surface area contributed by atoms with E-state index in [4.69, 9.17) is 0 Å². The van der Waals surface area contributed by atoms with Gasteiger partial charge in [0.2, 0.25) is 0 Å². The van der Waals surface area contributed by atoms with Crippen molar-refractivity contribution in [2.75, 3.05) is 4.90 Å². The predicted octanol–water partition coefficient (Wildman–Crippen LogP) is 3.72. The van der Waals surface area contributed by atoms with Gasteiger partial charge in [-0.15, -0.1) is 0 Å². The maximum Gasteiger partial charge on any atom is 0.258 e. The zero-order valence-electron chi connectivity index (χ0n) is 15.6. The molecule has 5 nitrogen and oxygen atoms in total. The molecule has 27 heavy (non-hydrogen) atoms. The van der Waals surface area contributed by atoms with E-state index in [9.17, 15) is 9.90 Å². The SMILES string of the molecule is Cc1cccc2c1CN(c1cccc([C@@H](C)Cc3[nH]ncc3CO)c1)C2=O. The molecule has 0 spiro atoms. The van der Waals surface area contributed by atoms with Crippen molar-refractivity contribution in [3.8, 4) is 0 Å². The first-order chi connectivity index (χ1) is 13.1. The van der Waals surface area contributed by atoms with Gasteiger partial charge in [0.05, 0.1) is 19.3 Å². The number of amides is 1. The van der Waals surface area contributed by atoms with Gasteiger partial charge in [0.1, 0.15) is 0 Å². The Kier molecular flexibility index (Phi) is 4.54. The molecule has 0 aliphatic carbocycles. The summed E-state index contributed by atoms with van der Waals surface area (Å²) >= 11 is 0. The molecule has 1 aromatic heterocycles. The fourth-order valence-electron chi connectivity index (χ4n) is 3.77. The first kappa shape index (κ1) is 17.5. The van der Waals surface area contributed by atoms with Crippen molar-refractivity contribution >= 4 is 11.6 Å². The molecule has 2 N–H and O–H groups in total. The number of aliphatic hydroxyl groups is 1. The number of hydrogen-bond acceptors (Lipinski definition) is 3. The Morgan fingerprint density at radius 1 is 1.26 bits per heavy atom. The van der Waals surface area contributed by atoms with Crippen LogP contribution in [0.5, 0.6) is 0 Å². The van der Waals surface area contributed by atoms with Gasteiger partial charge in [-0.05, 0) is 54.2 Å². The highest BCUT2D eigenvalue weighted by Crippen LogP contribution is 2.32. The third-order valence-corrected chi connectivity index (χ3v) is 5.44. The van der Waals surface area contributed by atoms with Crippen LogP contribution in [0.3, 0.4) is 0 Å². The van der Waals surface area contributed by atoms with Crippen LogP contribution < -0.4 is 4.90 Å². The molecule has 2 heterocycles. The normalized spacial score (nSPS) is 14.5. The Hall–Kier alpha value is -2.92. The summed E-state index contributed by atoms with van der Waals surface area (Å²) in [5.41, 5.74) is 6.95. The maximum atomic E-state index is 12.9. The van der Waals surface area contributed by atoms with Crippen molar-refractivity contribution in [3.63, 3.8) is 0 Å². The van der Waals surface area contributed by atoms with Crippen molar-refractivity contribution in [2.45, 2.75) is 39.3 Å². The Morgan fingerprint density at radius 3 is 2.85 bits per heavy atom. The van der Waals surface area contributed by atoms with Gasteiger partial charge in [-0.25, -0.2) is 0 Å². The van der Waals surface area contributed by atoms with E-state index in [0.29, 0.717) is 6.54 Å². The van der Waals surface area contributed by atoms with E-state index in [1.165, 1.54) is 0 Å². The number of fused-ring (bicyclic) bond motifs is 1. The van der Waals surface area contributed by atoms with Crippen molar-refractivity contribution in [1.82, 2.24) is 10.2 Å². The minimum absolute atomic E-state index is 0.0154. The number of rotatable bonds is 5. The van der Waals surface area contributed by atoms with Gasteiger partial charge in [-0.1, -0.05) is 31.2 Å².